The first-order valence-corrected chi connectivity index (χ1v) is 6.02. The monoisotopic (exact) mass is 274 g/mol. The zero-order valence-corrected chi connectivity index (χ0v) is 10.4. The minimum Gasteiger partial charge on any atom is -0.421 e. The molecule has 0 bridgehead atoms. The highest BCUT2D eigenvalue weighted by atomic mass is 35.5. The van der Waals surface area contributed by atoms with E-state index in [9.17, 15) is 9.18 Å². The Morgan fingerprint density at radius 3 is 2.53 bits per heavy atom. The van der Waals surface area contributed by atoms with Gasteiger partial charge in [-0.15, -0.1) is 0 Å². The van der Waals surface area contributed by atoms with E-state index < -0.39 is 11.8 Å². The van der Waals surface area contributed by atoms with Crippen LogP contribution in [-0.2, 0) is 4.74 Å². The summed E-state index contributed by atoms with van der Waals surface area (Å²) in [4.78, 5) is 11.7. The Labute approximate surface area is 114 Å². The average molecular weight is 275 g/mol. The number of rotatable bonds is 1. The summed E-state index contributed by atoms with van der Waals surface area (Å²) in [6.07, 6.45) is 0. The Morgan fingerprint density at radius 1 is 1.05 bits per heavy atom. The highest BCUT2D eigenvalue weighted by Gasteiger charge is 2.31. The van der Waals surface area contributed by atoms with E-state index >= 15 is 0 Å². The molecule has 94 valence electrons. The molecule has 0 fully saturated rings. The highest BCUT2D eigenvalue weighted by molar-refractivity contribution is 6.52. The maximum atomic E-state index is 13.6. The van der Waals surface area contributed by atoms with Crippen molar-refractivity contribution in [1.29, 1.82) is 0 Å². The fourth-order valence-corrected chi connectivity index (χ4v) is 2.26. The predicted octanol–water partition coefficient (Wildman–Crippen LogP) is 4.06. The molecule has 4 heteroatoms. The summed E-state index contributed by atoms with van der Waals surface area (Å²) in [5.74, 6) is -1.11. The first-order valence-electron chi connectivity index (χ1n) is 5.65. The van der Waals surface area contributed by atoms with Crippen LogP contribution in [-0.4, -0.2) is 5.97 Å². The quantitative estimate of drug-likeness (QED) is 0.733. The van der Waals surface area contributed by atoms with Crippen LogP contribution in [0.25, 0.3) is 10.8 Å². The Bertz CT molecular complexity index is 693. The second-order valence-electron chi connectivity index (χ2n) is 4.06. The number of carbonyl (C=O) groups excluding carboxylic acids is 1. The van der Waals surface area contributed by atoms with Gasteiger partial charge in [0.1, 0.15) is 11.4 Å². The fourth-order valence-electron chi connectivity index (χ4n) is 2.00. The molecule has 1 aliphatic rings. The molecule has 0 aliphatic carbocycles. The predicted molar refractivity (Wildman–Crippen MR) is 70.9 cm³/mol. The largest absolute Gasteiger partial charge is 0.421 e. The maximum Gasteiger partial charge on any atom is 0.347 e. The lowest BCUT2D eigenvalue weighted by Gasteiger charge is -2.04. The van der Waals surface area contributed by atoms with Crippen LogP contribution in [0.5, 0.6) is 0 Å². The number of esters is 1. The Morgan fingerprint density at radius 2 is 1.79 bits per heavy atom. The Hall–Kier alpha value is -2.13. The van der Waals surface area contributed by atoms with E-state index in [4.69, 9.17) is 16.3 Å². The second-order valence-corrected chi connectivity index (χ2v) is 4.44. The normalized spacial score (nSPS) is 16.0. The number of ether oxygens (including phenoxy) is 1. The van der Waals surface area contributed by atoms with Gasteiger partial charge in [-0.2, -0.15) is 0 Å². The van der Waals surface area contributed by atoms with Gasteiger partial charge in [-0.25, -0.2) is 9.18 Å². The van der Waals surface area contributed by atoms with Gasteiger partial charge < -0.3 is 4.74 Å². The third-order valence-corrected chi connectivity index (χ3v) is 3.27. The number of halogens is 2. The van der Waals surface area contributed by atoms with Gasteiger partial charge in [-0.3, -0.25) is 0 Å². The summed E-state index contributed by atoms with van der Waals surface area (Å²) in [5.41, 5.74) is 1.04. The van der Waals surface area contributed by atoms with Crippen LogP contribution >= 0.6 is 11.6 Å². The third kappa shape index (κ3) is 1.92. The van der Waals surface area contributed by atoms with Crippen molar-refractivity contribution >= 4 is 28.4 Å². The van der Waals surface area contributed by atoms with Crippen LogP contribution in [0.2, 0.25) is 0 Å². The molecule has 0 radical (unpaired) electrons. The molecule has 0 saturated heterocycles. The van der Waals surface area contributed by atoms with Crippen molar-refractivity contribution < 1.29 is 13.9 Å². The van der Waals surface area contributed by atoms with Crippen molar-refractivity contribution in [2.75, 3.05) is 0 Å². The smallest absolute Gasteiger partial charge is 0.347 e. The summed E-state index contributed by atoms with van der Waals surface area (Å²) in [7, 11) is 0. The minimum atomic E-state index is -0.711. The number of cyclic esters (lactones) is 1. The van der Waals surface area contributed by atoms with E-state index in [1.165, 1.54) is 12.1 Å². The molecule has 0 amide bonds. The zero-order valence-electron chi connectivity index (χ0n) is 9.69. The van der Waals surface area contributed by atoms with E-state index in [1.54, 1.807) is 18.2 Å². The lowest BCUT2D eigenvalue weighted by Crippen LogP contribution is -1.97. The van der Waals surface area contributed by atoms with Gasteiger partial charge >= 0.3 is 5.97 Å². The van der Waals surface area contributed by atoms with E-state index in [0.29, 0.717) is 16.2 Å². The Kier molecular flexibility index (Phi) is 2.84. The molecule has 0 unspecified atom stereocenters. The molecular weight excluding hydrogens is 267 g/mol. The van der Waals surface area contributed by atoms with E-state index in [1.807, 2.05) is 18.2 Å². The summed E-state index contributed by atoms with van der Waals surface area (Å²) in [6.45, 7) is 0. The van der Waals surface area contributed by atoms with Crippen molar-refractivity contribution in [2.45, 2.75) is 0 Å². The molecule has 19 heavy (non-hydrogen) atoms. The molecule has 0 spiro atoms. The van der Waals surface area contributed by atoms with Gasteiger partial charge in [0.05, 0.1) is 5.03 Å². The van der Waals surface area contributed by atoms with E-state index in [0.717, 1.165) is 0 Å². The number of fused-ring (bicyclic) bond motifs is 1. The Balaban J connectivity index is 2.21. The third-order valence-electron chi connectivity index (χ3n) is 2.88. The maximum absolute atomic E-state index is 13.6. The van der Waals surface area contributed by atoms with Crippen LogP contribution in [0.1, 0.15) is 21.5 Å². The summed E-state index contributed by atoms with van der Waals surface area (Å²) >= 11 is 6.24. The van der Waals surface area contributed by atoms with Crippen LogP contribution < -0.4 is 0 Å². The van der Waals surface area contributed by atoms with Crippen LogP contribution in [0.15, 0.2) is 48.5 Å². The van der Waals surface area contributed by atoms with Crippen molar-refractivity contribution in [3.63, 3.8) is 0 Å². The average Bonchev–Trinajstić information content (AvgIpc) is 2.78. The first kappa shape index (κ1) is 11.9. The fraction of sp³-hybridized carbons (Fsp3) is 0. The highest BCUT2D eigenvalue weighted by Crippen LogP contribution is 2.38. The molecule has 1 heterocycles. The van der Waals surface area contributed by atoms with Gasteiger partial charge in [0.15, 0.2) is 5.76 Å². The summed E-state index contributed by atoms with van der Waals surface area (Å²) < 4.78 is 18.7. The molecule has 2 aromatic rings. The summed E-state index contributed by atoms with van der Waals surface area (Å²) in [6, 6.07) is 13.4. The topological polar surface area (TPSA) is 26.3 Å². The van der Waals surface area contributed by atoms with Gasteiger partial charge in [0, 0.05) is 5.56 Å². The molecule has 2 aromatic carbocycles. The van der Waals surface area contributed by atoms with Crippen LogP contribution in [0.3, 0.4) is 0 Å². The number of benzene rings is 2. The lowest BCUT2D eigenvalue weighted by atomic mass is 10.1. The van der Waals surface area contributed by atoms with E-state index in [2.05, 4.69) is 0 Å². The van der Waals surface area contributed by atoms with Gasteiger partial charge in [0.25, 0.3) is 0 Å². The molecular formula is C15H8ClFO2. The van der Waals surface area contributed by atoms with Crippen molar-refractivity contribution in [3.05, 3.63) is 71.0 Å². The second kappa shape index (κ2) is 4.52. The van der Waals surface area contributed by atoms with Crippen molar-refractivity contribution in [1.82, 2.24) is 0 Å². The molecule has 0 atom stereocenters. The SMILES string of the molecule is O=C1O/C(=C(/Cl)c2ccccc2)c2cccc(F)c21. The van der Waals surface area contributed by atoms with E-state index in [-0.39, 0.29) is 11.3 Å². The number of carbonyl (C=O) groups is 1. The van der Waals surface area contributed by atoms with Gasteiger partial charge in [0.2, 0.25) is 0 Å². The zero-order chi connectivity index (χ0) is 13.4. The molecule has 2 nitrogen and oxygen atoms in total. The number of hydrogen-bond donors (Lipinski definition) is 0. The van der Waals surface area contributed by atoms with Gasteiger partial charge in [-0.05, 0) is 11.6 Å². The molecule has 0 saturated carbocycles. The van der Waals surface area contributed by atoms with Crippen LogP contribution in [0.4, 0.5) is 4.39 Å². The standard InChI is InChI=1S/C15H8ClFO2/c16-13(9-5-2-1-3-6-9)14-10-7-4-8-11(17)12(10)15(18)19-14/h1-8H/b14-13+. The minimum absolute atomic E-state index is 0.0634. The lowest BCUT2D eigenvalue weighted by molar-refractivity contribution is 0.0713. The van der Waals surface area contributed by atoms with Crippen LogP contribution in [0, 0.1) is 5.82 Å². The summed E-state index contributed by atoms with van der Waals surface area (Å²) in [5, 5.41) is 0.290. The molecule has 0 aromatic heterocycles. The molecule has 3 rings (SSSR count). The van der Waals surface area contributed by atoms with Crippen molar-refractivity contribution in [3.8, 4) is 0 Å². The first-order chi connectivity index (χ1) is 9.18. The molecule has 1 aliphatic heterocycles. The van der Waals surface area contributed by atoms with Crippen molar-refractivity contribution in [2.24, 2.45) is 0 Å². The van der Waals surface area contributed by atoms with Gasteiger partial charge in [-0.1, -0.05) is 54.1 Å². The number of hydrogen-bond acceptors (Lipinski definition) is 2. The molecule has 0 N–H and O–H groups in total.